The lowest BCUT2D eigenvalue weighted by Crippen LogP contribution is -2.57. The van der Waals surface area contributed by atoms with E-state index in [2.05, 4.69) is 39.9 Å². The molecule has 0 aromatic heterocycles. The Balaban J connectivity index is 2.26. The fraction of sp³-hybridized carbons (Fsp3) is 1.00. The van der Waals surface area contributed by atoms with Crippen LogP contribution in [0, 0.1) is 0 Å². The van der Waals surface area contributed by atoms with Crippen molar-refractivity contribution in [2.24, 2.45) is 0 Å². The molecule has 1 aliphatic rings. The molecule has 3 heteroatoms. The van der Waals surface area contributed by atoms with E-state index in [1.54, 1.807) is 0 Å². The maximum Gasteiger partial charge on any atom is 0.0612 e. The highest BCUT2D eigenvalue weighted by molar-refractivity contribution is 4.93. The number of rotatable bonds is 5. The molecule has 1 fully saturated rings. The molecule has 1 saturated carbocycles. The van der Waals surface area contributed by atoms with Crippen LogP contribution in [-0.4, -0.2) is 35.0 Å². The van der Waals surface area contributed by atoms with Gasteiger partial charge in [-0.05, 0) is 47.0 Å². The second kappa shape index (κ2) is 5.03. The van der Waals surface area contributed by atoms with Crippen molar-refractivity contribution < 1.29 is 9.84 Å². The van der Waals surface area contributed by atoms with Crippen molar-refractivity contribution in [3.63, 3.8) is 0 Å². The topological polar surface area (TPSA) is 41.5 Å². The van der Waals surface area contributed by atoms with Crippen molar-refractivity contribution >= 4 is 0 Å². The summed E-state index contributed by atoms with van der Waals surface area (Å²) in [5.74, 6) is 0. The summed E-state index contributed by atoms with van der Waals surface area (Å²) in [6.45, 7) is 10.7. The third kappa shape index (κ3) is 4.04. The third-order valence-corrected chi connectivity index (χ3v) is 3.30. The molecule has 16 heavy (non-hydrogen) atoms. The molecular formula is C13H27NO2. The predicted octanol–water partition coefficient (Wildman–Crippen LogP) is 2.08. The Morgan fingerprint density at radius 3 is 2.19 bits per heavy atom. The molecular weight excluding hydrogens is 202 g/mol. The first kappa shape index (κ1) is 13.9. The summed E-state index contributed by atoms with van der Waals surface area (Å²) in [4.78, 5) is 0. The Morgan fingerprint density at radius 1 is 1.25 bits per heavy atom. The molecule has 0 bridgehead atoms. The molecule has 0 heterocycles. The van der Waals surface area contributed by atoms with Gasteiger partial charge >= 0.3 is 0 Å². The standard InChI is InChI=1S/C13H27NO2/c1-6-13(5,9-15)14-10-7-11(8-10)16-12(2,3)4/h10-11,14-15H,6-9H2,1-5H3. The lowest BCUT2D eigenvalue weighted by atomic mass is 9.85. The SMILES string of the molecule is CCC(C)(CO)NC1CC(OC(C)(C)C)C1. The van der Waals surface area contributed by atoms with Crippen LogP contribution in [0.1, 0.15) is 53.9 Å². The van der Waals surface area contributed by atoms with Crippen LogP contribution in [0.3, 0.4) is 0 Å². The summed E-state index contributed by atoms with van der Waals surface area (Å²) in [7, 11) is 0. The number of hydrogen-bond acceptors (Lipinski definition) is 3. The summed E-state index contributed by atoms with van der Waals surface area (Å²) in [6, 6.07) is 0.504. The van der Waals surface area contributed by atoms with Crippen LogP contribution in [0.2, 0.25) is 0 Å². The van der Waals surface area contributed by atoms with Crippen LogP contribution in [0.4, 0.5) is 0 Å². The molecule has 0 spiro atoms. The minimum Gasteiger partial charge on any atom is -0.394 e. The van der Waals surface area contributed by atoms with Crippen molar-refractivity contribution in [3.05, 3.63) is 0 Å². The van der Waals surface area contributed by atoms with Crippen LogP contribution >= 0.6 is 0 Å². The average Bonchev–Trinajstić information content (AvgIpc) is 2.12. The van der Waals surface area contributed by atoms with E-state index in [1.165, 1.54) is 0 Å². The fourth-order valence-corrected chi connectivity index (χ4v) is 2.03. The number of nitrogens with one attached hydrogen (secondary N) is 1. The van der Waals surface area contributed by atoms with Crippen LogP contribution in [0.5, 0.6) is 0 Å². The van der Waals surface area contributed by atoms with Gasteiger partial charge in [0.05, 0.1) is 18.3 Å². The summed E-state index contributed by atoms with van der Waals surface area (Å²) in [5, 5.41) is 12.8. The lowest BCUT2D eigenvalue weighted by molar-refractivity contribution is -0.106. The van der Waals surface area contributed by atoms with Gasteiger partial charge < -0.3 is 15.2 Å². The summed E-state index contributed by atoms with van der Waals surface area (Å²) < 4.78 is 5.88. The van der Waals surface area contributed by atoms with E-state index < -0.39 is 0 Å². The van der Waals surface area contributed by atoms with Gasteiger partial charge in [-0.2, -0.15) is 0 Å². The Hall–Kier alpha value is -0.120. The molecule has 1 atom stereocenters. The van der Waals surface area contributed by atoms with Crippen LogP contribution in [0.15, 0.2) is 0 Å². The zero-order valence-corrected chi connectivity index (χ0v) is 11.3. The maximum atomic E-state index is 9.31. The largest absolute Gasteiger partial charge is 0.394 e. The predicted molar refractivity (Wildman–Crippen MR) is 66.6 cm³/mol. The van der Waals surface area contributed by atoms with Crippen LogP contribution < -0.4 is 5.32 Å². The first-order valence-electron chi connectivity index (χ1n) is 6.34. The molecule has 1 unspecified atom stereocenters. The van der Waals surface area contributed by atoms with E-state index in [9.17, 15) is 5.11 Å². The molecule has 0 aromatic rings. The van der Waals surface area contributed by atoms with Crippen LogP contribution in [-0.2, 0) is 4.74 Å². The number of aliphatic hydroxyl groups is 1. The Morgan fingerprint density at radius 2 is 1.81 bits per heavy atom. The molecule has 0 saturated heterocycles. The monoisotopic (exact) mass is 229 g/mol. The average molecular weight is 229 g/mol. The third-order valence-electron chi connectivity index (χ3n) is 3.30. The first-order valence-corrected chi connectivity index (χ1v) is 6.34. The molecule has 96 valence electrons. The zero-order chi connectivity index (χ0) is 12.4. The lowest BCUT2D eigenvalue weighted by Gasteiger charge is -2.43. The van der Waals surface area contributed by atoms with Gasteiger partial charge in [0.15, 0.2) is 0 Å². The van der Waals surface area contributed by atoms with Gasteiger partial charge in [0.1, 0.15) is 0 Å². The van der Waals surface area contributed by atoms with Gasteiger partial charge in [0.2, 0.25) is 0 Å². The Bertz CT molecular complexity index is 212. The fourth-order valence-electron chi connectivity index (χ4n) is 2.03. The summed E-state index contributed by atoms with van der Waals surface area (Å²) >= 11 is 0. The maximum absolute atomic E-state index is 9.31. The van der Waals surface area contributed by atoms with Crippen molar-refractivity contribution in [2.45, 2.75) is 77.2 Å². The van der Waals surface area contributed by atoms with Gasteiger partial charge in [-0.1, -0.05) is 6.92 Å². The zero-order valence-electron chi connectivity index (χ0n) is 11.3. The van der Waals surface area contributed by atoms with Gasteiger partial charge in [0.25, 0.3) is 0 Å². The molecule has 1 rings (SSSR count). The number of aliphatic hydroxyl groups excluding tert-OH is 1. The van der Waals surface area contributed by atoms with Gasteiger partial charge in [-0.25, -0.2) is 0 Å². The molecule has 0 radical (unpaired) electrons. The van der Waals surface area contributed by atoms with Crippen molar-refractivity contribution in [2.75, 3.05) is 6.61 Å². The molecule has 3 nitrogen and oxygen atoms in total. The van der Waals surface area contributed by atoms with E-state index in [-0.39, 0.29) is 17.7 Å². The van der Waals surface area contributed by atoms with Crippen LogP contribution in [0.25, 0.3) is 0 Å². The number of ether oxygens (including phenoxy) is 1. The van der Waals surface area contributed by atoms with E-state index in [4.69, 9.17) is 4.74 Å². The van der Waals surface area contributed by atoms with Crippen molar-refractivity contribution in [1.82, 2.24) is 5.32 Å². The summed E-state index contributed by atoms with van der Waals surface area (Å²) in [6.07, 6.45) is 3.46. The Labute approximate surface area is 99.6 Å². The molecule has 0 aliphatic heterocycles. The quantitative estimate of drug-likeness (QED) is 0.758. The van der Waals surface area contributed by atoms with E-state index in [0.29, 0.717) is 12.1 Å². The van der Waals surface area contributed by atoms with E-state index in [0.717, 1.165) is 19.3 Å². The second-order valence-electron chi connectivity index (χ2n) is 6.24. The van der Waals surface area contributed by atoms with Gasteiger partial charge in [-0.3, -0.25) is 0 Å². The van der Waals surface area contributed by atoms with Gasteiger partial charge in [-0.15, -0.1) is 0 Å². The minimum absolute atomic E-state index is 0.0410. The normalized spacial score (nSPS) is 29.6. The highest BCUT2D eigenvalue weighted by atomic mass is 16.5. The van der Waals surface area contributed by atoms with Gasteiger partial charge in [0, 0.05) is 11.6 Å². The first-order chi connectivity index (χ1) is 7.28. The van der Waals surface area contributed by atoms with Crippen molar-refractivity contribution in [3.8, 4) is 0 Å². The molecule has 0 aromatic carbocycles. The highest BCUT2D eigenvalue weighted by Crippen LogP contribution is 2.29. The molecule has 1 aliphatic carbocycles. The summed E-state index contributed by atoms with van der Waals surface area (Å²) in [5.41, 5.74) is -0.169. The second-order valence-corrected chi connectivity index (χ2v) is 6.24. The smallest absolute Gasteiger partial charge is 0.0612 e. The number of hydrogen-bond donors (Lipinski definition) is 2. The van der Waals surface area contributed by atoms with E-state index in [1.807, 2.05) is 0 Å². The Kier molecular flexibility index (Phi) is 4.38. The minimum atomic E-state index is -0.128. The highest BCUT2D eigenvalue weighted by Gasteiger charge is 2.36. The van der Waals surface area contributed by atoms with Crippen molar-refractivity contribution in [1.29, 1.82) is 0 Å². The molecule has 0 amide bonds. The van der Waals surface area contributed by atoms with E-state index >= 15 is 0 Å². The molecule has 2 N–H and O–H groups in total.